The molecule has 0 N–H and O–H groups in total. The first-order valence-electron chi connectivity index (χ1n) is 2.82. The Balaban J connectivity index is 3.03. The van der Waals surface area contributed by atoms with Crippen molar-refractivity contribution in [1.82, 2.24) is 0 Å². The van der Waals surface area contributed by atoms with E-state index in [-0.39, 0.29) is 8.40 Å². The first-order chi connectivity index (χ1) is 3.79. The van der Waals surface area contributed by atoms with Crippen LogP contribution in [-0.4, -0.2) is 8.40 Å². The normalized spacial score (nSPS) is 9.25. The summed E-state index contributed by atoms with van der Waals surface area (Å²) in [6.07, 6.45) is 0. The van der Waals surface area contributed by atoms with Crippen LogP contribution in [0.2, 0.25) is 0 Å². The molecule has 0 bridgehead atoms. The summed E-state index contributed by atoms with van der Waals surface area (Å²) in [6, 6.07) is 4.41. The van der Waals surface area contributed by atoms with Crippen molar-refractivity contribution < 1.29 is 0 Å². The van der Waals surface area contributed by atoms with E-state index in [0.29, 0.717) is 0 Å². The smallest absolute Gasteiger partial charge is 0.0336 e. The lowest BCUT2D eigenvalue weighted by atomic mass is 10.3. The third kappa shape index (κ3) is 1.27. The van der Waals surface area contributed by atoms with Gasteiger partial charge in [-0.1, -0.05) is 35.6 Å². The number of hydrogen-bond donors (Lipinski definition) is 0. The fraction of sp³-hybridized carbons (Fsp3) is 0.286. The zero-order chi connectivity index (χ0) is 5.98. The molecule has 1 rings (SSSR count). The predicted octanol–water partition coefficient (Wildman–Crippen LogP) is 1.56. The van der Waals surface area contributed by atoms with Crippen LogP contribution in [0.3, 0.4) is 0 Å². The molecule has 1 heteroatoms. The van der Waals surface area contributed by atoms with E-state index in [9.17, 15) is 0 Å². The van der Waals surface area contributed by atoms with Gasteiger partial charge in [0.15, 0.2) is 0 Å². The molecule has 0 saturated heterocycles. The summed E-state index contributed by atoms with van der Waals surface area (Å²) in [5.74, 6) is 0. The Morgan fingerprint density at radius 2 is 1.75 bits per heavy atom. The summed E-state index contributed by atoms with van der Waals surface area (Å²) in [4.78, 5) is 0. The Morgan fingerprint density at radius 3 is 2.12 bits per heavy atom. The van der Waals surface area contributed by atoms with Gasteiger partial charge in [-0.25, -0.2) is 0 Å². The molecule has 0 nitrogen and oxygen atoms in total. The van der Waals surface area contributed by atoms with Gasteiger partial charge in [-0.05, 0) is 6.92 Å². The van der Waals surface area contributed by atoms with Gasteiger partial charge in [0, 0.05) is 8.40 Å². The highest BCUT2D eigenvalue weighted by Gasteiger charge is 1.80. The van der Waals surface area contributed by atoms with Crippen molar-refractivity contribution in [3.8, 4) is 0 Å². The Bertz CT molecular complexity index is 143. The molecule has 1 aromatic rings. The highest BCUT2D eigenvalue weighted by molar-refractivity contribution is 6.47. The lowest BCUT2D eigenvalue weighted by molar-refractivity contribution is 1.50. The van der Waals surface area contributed by atoms with Gasteiger partial charge in [0.2, 0.25) is 0 Å². The summed E-state index contributed by atoms with van der Waals surface area (Å²) >= 11 is 0. The average Bonchev–Trinajstić information content (AvgIpc) is 1.77. The van der Waals surface area contributed by atoms with E-state index in [1.807, 2.05) is 0 Å². The molecule has 1 heterocycles. The molecule has 0 radical (unpaired) electrons. The molecular weight excluding hydrogens is 112 g/mol. The van der Waals surface area contributed by atoms with Crippen LogP contribution in [0.25, 0.3) is 0 Å². The maximum atomic E-state index is 2.31. The van der Waals surface area contributed by atoms with Crippen molar-refractivity contribution >= 4 is 8.40 Å². The minimum Gasteiger partial charge on any atom is -0.0778 e. The molecule has 0 spiro atoms. The van der Waals surface area contributed by atoms with E-state index in [1.54, 1.807) is 0 Å². The van der Waals surface area contributed by atoms with E-state index in [0.717, 1.165) is 0 Å². The van der Waals surface area contributed by atoms with Crippen LogP contribution in [0.5, 0.6) is 0 Å². The van der Waals surface area contributed by atoms with Crippen molar-refractivity contribution in [3.05, 3.63) is 29.1 Å². The van der Waals surface area contributed by atoms with Gasteiger partial charge in [-0.15, -0.1) is 0 Å². The van der Waals surface area contributed by atoms with Crippen molar-refractivity contribution in [2.75, 3.05) is 0 Å². The van der Waals surface area contributed by atoms with Gasteiger partial charge < -0.3 is 0 Å². The molecule has 0 unspecified atom stereocenters. The Morgan fingerprint density at radius 1 is 1.25 bits per heavy atom. The zero-order valence-electron chi connectivity index (χ0n) is 5.31. The summed E-state index contributed by atoms with van der Waals surface area (Å²) in [7, 11) is -0.208. The molecule has 0 atom stereocenters. The van der Waals surface area contributed by atoms with Gasteiger partial charge in [0.05, 0.1) is 0 Å². The molecular formula is C7H10Si. The van der Waals surface area contributed by atoms with E-state index in [1.165, 1.54) is 5.56 Å². The maximum absolute atomic E-state index is 2.31. The van der Waals surface area contributed by atoms with Crippen LogP contribution >= 0.6 is 0 Å². The molecule has 0 fully saturated rings. The average molecular weight is 122 g/mol. The third-order valence-corrected chi connectivity index (χ3v) is 2.60. The summed E-state index contributed by atoms with van der Waals surface area (Å²) in [5, 5.41) is 0. The topological polar surface area (TPSA) is 0 Å². The largest absolute Gasteiger partial charge is 0.0778 e. The second-order valence-electron chi connectivity index (χ2n) is 2.15. The molecule has 0 aliphatic heterocycles. The molecule has 0 aliphatic rings. The van der Waals surface area contributed by atoms with Gasteiger partial charge in [-0.2, -0.15) is 0 Å². The fourth-order valence-electron chi connectivity index (χ4n) is 0.637. The van der Waals surface area contributed by atoms with Crippen molar-refractivity contribution in [2.45, 2.75) is 6.92 Å². The van der Waals surface area contributed by atoms with E-state index >= 15 is 0 Å². The third-order valence-electron chi connectivity index (χ3n) is 1.22. The quantitative estimate of drug-likeness (QED) is 0.458. The number of aryl methyl sites for hydroxylation is 2. The molecule has 0 amide bonds. The second kappa shape index (κ2) is 2.22. The first kappa shape index (κ1) is 5.70. The van der Waals surface area contributed by atoms with Crippen LogP contribution in [0.15, 0.2) is 23.5 Å². The Kier molecular flexibility index (Phi) is 1.58. The monoisotopic (exact) mass is 122 g/mol. The van der Waals surface area contributed by atoms with Crippen LogP contribution in [0, 0.1) is 6.92 Å². The van der Waals surface area contributed by atoms with Crippen LogP contribution < -0.4 is 0 Å². The second-order valence-corrected chi connectivity index (χ2v) is 4.31. The molecule has 1 aromatic heterocycles. The van der Waals surface area contributed by atoms with Crippen LogP contribution in [0.4, 0.5) is 0 Å². The first-order valence-corrected chi connectivity index (χ1v) is 4.98. The highest BCUT2D eigenvalue weighted by Crippen LogP contribution is 1.91. The van der Waals surface area contributed by atoms with Gasteiger partial charge in [0.1, 0.15) is 0 Å². The van der Waals surface area contributed by atoms with Crippen LogP contribution in [-0.2, 0) is 6.55 Å². The molecule has 8 heavy (non-hydrogen) atoms. The standard InChI is InChI=1S/C7H10Si/c1-7-3-5-8(2)6-4-7/h3-6H,1-2H3. The molecule has 0 aliphatic carbocycles. The van der Waals surface area contributed by atoms with Crippen LogP contribution in [0.1, 0.15) is 5.56 Å². The molecule has 0 aromatic carbocycles. The van der Waals surface area contributed by atoms with Gasteiger partial charge in [-0.3, -0.25) is 0 Å². The van der Waals surface area contributed by atoms with Gasteiger partial charge >= 0.3 is 0 Å². The SMILES string of the molecule is Cc1cc[si](C)cc1. The fourth-order valence-corrected chi connectivity index (χ4v) is 1.80. The van der Waals surface area contributed by atoms with Crippen molar-refractivity contribution in [3.63, 3.8) is 0 Å². The summed E-state index contributed by atoms with van der Waals surface area (Å²) < 4.78 is 0. The minimum atomic E-state index is -0.208. The summed E-state index contributed by atoms with van der Waals surface area (Å²) in [6.45, 7) is 4.41. The highest BCUT2D eigenvalue weighted by atomic mass is 28.2. The number of rotatable bonds is 0. The Labute approximate surface area is 51.7 Å². The summed E-state index contributed by atoms with van der Waals surface area (Å²) in [5.41, 5.74) is 5.99. The Hall–Kier alpha value is -0.433. The van der Waals surface area contributed by atoms with Crippen molar-refractivity contribution in [2.24, 2.45) is 6.55 Å². The predicted molar refractivity (Wildman–Crippen MR) is 38.1 cm³/mol. The maximum Gasteiger partial charge on any atom is 0.0336 e. The lowest BCUT2D eigenvalue weighted by Crippen LogP contribution is -1.88. The lowest BCUT2D eigenvalue weighted by Gasteiger charge is -1.89. The number of hydrogen-bond acceptors (Lipinski definition) is 0. The van der Waals surface area contributed by atoms with E-state index in [2.05, 4.69) is 37.0 Å². The molecule has 0 saturated carbocycles. The minimum absolute atomic E-state index is 0.208. The van der Waals surface area contributed by atoms with Crippen molar-refractivity contribution in [1.29, 1.82) is 0 Å². The van der Waals surface area contributed by atoms with Gasteiger partial charge in [0.25, 0.3) is 0 Å². The van der Waals surface area contributed by atoms with E-state index in [4.69, 9.17) is 0 Å². The zero-order valence-corrected chi connectivity index (χ0v) is 6.31. The van der Waals surface area contributed by atoms with E-state index < -0.39 is 0 Å². The molecule has 42 valence electrons.